The van der Waals surface area contributed by atoms with Crippen LogP contribution in [0, 0.1) is 28.8 Å². The van der Waals surface area contributed by atoms with Crippen LogP contribution in [0.2, 0.25) is 5.02 Å². The molecule has 1 aromatic heterocycles. The van der Waals surface area contributed by atoms with E-state index in [1.165, 1.54) is 12.3 Å². The Hall–Kier alpha value is -2.53. The van der Waals surface area contributed by atoms with Crippen LogP contribution in [0.25, 0.3) is 5.70 Å². The van der Waals surface area contributed by atoms with Crippen molar-refractivity contribution >= 4 is 29.1 Å². The zero-order valence-corrected chi connectivity index (χ0v) is 18.2. The second-order valence-corrected chi connectivity index (χ2v) is 8.56. The first-order valence-corrected chi connectivity index (χ1v) is 10.6. The van der Waals surface area contributed by atoms with Crippen molar-refractivity contribution in [3.05, 3.63) is 64.3 Å². The van der Waals surface area contributed by atoms with Crippen LogP contribution < -0.4 is 11.1 Å². The van der Waals surface area contributed by atoms with Gasteiger partial charge in [0.2, 0.25) is 0 Å². The molecule has 0 radical (unpaired) electrons. The van der Waals surface area contributed by atoms with E-state index < -0.39 is 53.8 Å². The smallest absolute Gasteiger partial charge is 0.194 e. The normalized spacial score (nSPS) is 25.5. The van der Waals surface area contributed by atoms with Gasteiger partial charge in [0.15, 0.2) is 23.1 Å². The van der Waals surface area contributed by atoms with Crippen LogP contribution in [0.3, 0.4) is 0 Å². The fraction of sp³-hybridized carbons (Fsp3) is 0.300. The van der Waals surface area contributed by atoms with E-state index >= 15 is 0 Å². The molecule has 5 atom stereocenters. The minimum absolute atomic E-state index is 0.0286. The van der Waals surface area contributed by atoms with Crippen molar-refractivity contribution in [1.82, 2.24) is 10.3 Å². The van der Waals surface area contributed by atoms with Crippen molar-refractivity contribution in [3.63, 3.8) is 0 Å². The molecule has 2 aromatic rings. The van der Waals surface area contributed by atoms with E-state index in [1.54, 1.807) is 0 Å². The van der Waals surface area contributed by atoms with Gasteiger partial charge in [0.05, 0.1) is 23.4 Å². The highest BCUT2D eigenvalue weighted by Gasteiger charge is 2.44. The Labute approximate surface area is 195 Å². The van der Waals surface area contributed by atoms with Crippen LogP contribution in [-0.2, 0) is 4.74 Å². The standard InChI is InChI=1S/C20H18ClF3N4O4S/c21-9-3-15(13(4-25)27-5-9)33-20-19(31)17(18(30)14(7-29)32-20)28-6-12(26)8-1-10(22)16(24)11(23)2-8/h1-3,5-6,14,17-20,28-31H,7,26H2/b12-6-. The molecule has 176 valence electrons. The van der Waals surface area contributed by atoms with Crippen molar-refractivity contribution < 1.29 is 33.2 Å². The van der Waals surface area contributed by atoms with Gasteiger partial charge in [-0.2, -0.15) is 5.26 Å². The summed E-state index contributed by atoms with van der Waals surface area (Å²) in [4.78, 5) is 4.19. The lowest BCUT2D eigenvalue weighted by molar-refractivity contribution is -0.164. The summed E-state index contributed by atoms with van der Waals surface area (Å²) in [5.74, 6) is -4.52. The molecule has 0 saturated carbocycles. The van der Waals surface area contributed by atoms with Crippen LogP contribution in [0.1, 0.15) is 11.3 Å². The van der Waals surface area contributed by atoms with Crippen LogP contribution >= 0.6 is 23.4 Å². The molecule has 1 aromatic carbocycles. The number of nitrogens with two attached hydrogens (primary N) is 1. The molecule has 33 heavy (non-hydrogen) atoms. The highest BCUT2D eigenvalue weighted by Crippen LogP contribution is 2.35. The number of benzene rings is 1. The van der Waals surface area contributed by atoms with E-state index in [9.17, 15) is 33.8 Å². The fourth-order valence-electron chi connectivity index (χ4n) is 3.09. The highest BCUT2D eigenvalue weighted by atomic mass is 35.5. The summed E-state index contributed by atoms with van der Waals surface area (Å²) in [5, 5.41) is 43.0. The average Bonchev–Trinajstić information content (AvgIpc) is 2.78. The summed E-state index contributed by atoms with van der Waals surface area (Å²) in [5.41, 5.74) is 4.36. The summed E-state index contributed by atoms with van der Waals surface area (Å²) < 4.78 is 45.7. The number of nitriles is 1. The van der Waals surface area contributed by atoms with Crippen molar-refractivity contribution in [3.8, 4) is 6.07 Å². The van der Waals surface area contributed by atoms with E-state index in [0.717, 1.165) is 18.0 Å². The molecule has 2 heterocycles. The molecule has 1 saturated heterocycles. The van der Waals surface area contributed by atoms with E-state index in [0.29, 0.717) is 17.0 Å². The Kier molecular flexibility index (Phi) is 8.06. The molecular weight excluding hydrogens is 485 g/mol. The molecule has 13 heteroatoms. The Morgan fingerprint density at radius 1 is 1.27 bits per heavy atom. The van der Waals surface area contributed by atoms with Crippen LogP contribution in [0.4, 0.5) is 13.2 Å². The lowest BCUT2D eigenvalue weighted by Gasteiger charge is -2.42. The van der Waals surface area contributed by atoms with Gasteiger partial charge in [-0.3, -0.25) is 0 Å². The number of hydrogen-bond acceptors (Lipinski definition) is 9. The Balaban J connectivity index is 1.84. The third-order valence-corrected chi connectivity index (χ3v) is 6.20. The third kappa shape index (κ3) is 5.52. The minimum Gasteiger partial charge on any atom is -0.397 e. The quantitative estimate of drug-likeness (QED) is 0.371. The first-order chi connectivity index (χ1) is 15.7. The number of aliphatic hydroxyl groups excluding tert-OH is 3. The maximum atomic E-state index is 13.5. The highest BCUT2D eigenvalue weighted by molar-refractivity contribution is 7.99. The fourth-order valence-corrected chi connectivity index (χ4v) is 4.48. The number of nitrogens with one attached hydrogen (secondary N) is 1. The first kappa shape index (κ1) is 25.1. The number of rotatable bonds is 6. The second-order valence-electron chi connectivity index (χ2n) is 6.98. The zero-order chi connectivity index (χ0) is 24.3. The number of hydrogen-bond donors (Lipinski definition) is 5. The summed E-state index contributed by atoms with van der Waals surface area (Å²) >= 11 is 6.83. The van der Waals surface area contributed by atoms with Gasteiger partial charge >= 0.3 is 0 Å². The first-order valence-electron chi connectivity index (χ1n) is 9.37. The van der Waals surface area contributed by atoms with E-state index in [1.807, 2.05) is 6.07 Å². The number of ether oxygens (including phenoxy) is 1. The van der Waals surface area contributed by atoms with Crippen LogP contribution in [0.5, 0.6) is 0 Å². The summed E-state index contributed by atoms with van der Waals surface area (Å²) in [7, 11) is 0. The molecule has 5 unspecified atom stereocenters. The zero-order valence-electron chi connectivity index (χ0n) is 16.6. The van der Waals surface area contributed by atoms with Gasteiger partial charge in [0.25, 0.3) is 0 Å². The summed E-state index contributed by atoms with van der Waals surface area (Å²) in [6.07, 6.45) is -1.60. The van der Waals surface area contributed by atoms with Gasteiger partial charge < -0.3 is 31.1 Å². The predicted molar refractivity (Wildman–Crippen MR) is 113 cm³/mol. The molecule has 1 fully saturated rings. The van der Waals surface area contributed by atoms with Crippen LogP contribution in [0.15, 0.2) is 35.5 Å². The molecule has 0 bridgehead atoms. The summed E-state index contributed by atoms with van der Waals surface area (Å²) in [6, 6.07) is 3.56. The Morgan fingerprint density at radius 2 is 1.94 bits per heavy atom. The SMILES string of the molecule is N#Cc1ncc(Cl)cc1SC1OC(CO)C(O)C(N/C=C(\N)c2cc(F)c(F)c(F)c2)C1O. The number of aromatic nitrogens is 1. The lowest BCUT2D eigenvalue weighted by Crippen LogP contribution is -2.62. The maximum Gasteiger partial charge on any atom is 0.194 e. The van der Waals surface area contributed by atoms with Crippen molar-refractivity contribution in [2.45, 2.75) is 34.7 Å². The molecular formula is C20H18ClF3N4O4S. The monoisotopic (exact) mass is 502 g/mol. The molecule has 0 amide bonds. The molecule has 1 aliphatic rings. The number of thioether (sulfide) groups is 1. The van der Waals surface area contributed by atoms with Gasteiger partial charge in [-0.25, -0.2) is 18.2 Å². The molecule has 1 aliphatic heterocycles. The van der Waals surface area contributed by atoms with Gasteiger partial charge in [0.1, 0.15) is 29.8 Å². The number of pyridine rings is 1. The minimum atomic E-state index is -1.65. The molecule has 6 N–H and O–H groups in total. The van der Waals surface area contributed by atoms with Crippen molar-refractivity contribution in [1.29, 1.82) is 5.26 Å². The largest absolute Gasteiger partial charge is 0.397 e. The topological polar surface area (TPSA) is 145 Å². The predicted octanol–water partition coefficient (Wildman–Crippen LogP) is 1.47. The molecule has 0 aliphatic carbocycles. The molecule has 8 nitrogen and oxygen atoms in total. The maximum absolute atomic E-state index is 13.5. The number of aliphatic hydroxyl groups is 3. The van der Waals surface area contributed by atoms with Gasteiger partial charge in [0, 0.05) is 22.9 Å². The Bertz CT molecular complexity index is 1080. The van der Waals surface area contributed by atoms with Crippen LogP contribution in [-0.4, -0.2) is 56.7 Å². The Morgan fingerprint density at radius 3 is 2.55 bits per heavy atom. The number of halogens is 4. The lowest BCUT2D eigenvalue weighted by atomic mass is 9.97. The third-order valence-electron chi connectivity index (χ3n) is 4.80. The number of nitrogens with zero attached hydrogens (tertiary/aromatic N) is 2. The van der Waals surface area contributed by atoms with E-state index in [2.05, 4.69) is 10.3 Å². The van der Waals surface area contributed by atoms with Crippen molar-refractivity contribution in [2.24, 2.45) is 5.73 Å². The second kappa shape index (κ2) is 10.6. The average molecular weight is 503 g/mol. The summed E-state index contributed by atoms with van der Waals surface area (Å²) in [6.45, 7) is -0.602. The van der Waals surface area contributed by atoms with Gasteiger partial charge in [-0.15, -0.1) is 0 Å². The van der Waals surface area contributed by atoms with E-state index in [4.69, 9.17) is 22.1 Å². The van der Waals surface area contributed by atoms with Crippen molar-refractivity contribution in [2.75, 3.05) is 6.61 Å². The van der Waals surface area contributed by atoms with Gasteiger partial charge in [-0.05, 0) is 18.2 Å². The molecule has 0 spiro atoms. The van der Waals surface area contributed by atoms with Gasteiger partial charge in [-0.1, -0.05) is 23.4 Å². The van der Waals surface area contributed by atoms with E-state index in [-0.39, 0.29) is 22.0 Å². The molecule has 3 rings (SSSR count).